The standard InChI is InChI=1S/C24H42O20/c1-5-9(27)13(31)17(35)22(39-5)38-4-8-12(30)15(33)19(21(37)40-8)43-24-20(16(34)11(29)7(3-26)42-24)44-23-18(36)14(32)10(28)6(2-25)41-23/h5-37H,2-4H2,1H3. The van der Waals surface area contributed by atoms with Crippen LogP contribution in [0.25, 0.3) is 0 Å². The van der Waals surface area contributed by atoms with Gasteiger partial charge in [-0.15, -0.1) is 0 Å². The van der Waals surface area contributed by atoms with Crippen LogP contribution in [0.4, 0.5) is 0 Å². The van der Waals surface area contributed by atoms with Crippen molar-refractivity contribution in [2.24, 2.45) is 0 Å². The first-order valence-electron chi connectivity index (χ1n) is 14.0. The van der Waals surface area contributed by atoms with Gasteiger partial charge in [-0.05, 0) is 6.92 Å². The molecule has 4 heterocycles. The van der Waals surface area contributed by atoms with E-state index in [1.54, 1.807) is 0 Å². The van der Waals surface area contributed by atoms with E-state index >= 15 is 0 Å². The Bertz CT molecular complexity index is 900. The van der Waals surface area contributed by atoms with E-state index in [0.29, 0.717) is 0 Å². The second kappa shape index (κ2) is 15.0. The van der Waals surface area contributed by atoms with Crippen LogP contribution in [0.3, 0.4) is 0 Å². The van der Waals surface area contributed by atoms with Gasteiger partial charge < -0.3 is 99.5 Å². The molecule has 4 rings (SSSR count). The summed E-state index contributed by atoms with van der Waals surface area (Å²) in [4.78, 5) is 0. The van der Waals surface area contributed by atoms with Crippen molar-refractivity contribution in [2.75, 3.05) is 19.8 Å². The van der Waals surface area contributed by atoms with E-state index in [4.69, 9.17) is 33.2 Å². The molecule has 0 radical (unpaired) electrons. The number of rotatable bonds is 9. The Kier molecular flexibility index (Phi) is 12.3. The van der Waals surface area contributed by atoms with Crippen molar-refractivity contribution in [3.63, 3.8) is 0 Å². The lowest BCUT2D eigenvalue weighted by Gasteiger charge is -2.48. The fraction of sp³-hybridized carbons (Fsp3) is 1.00. The lowest BCUT2D eigenvalue weighted by molar-refractivity contribution is -0.392. The minimum absolute atomic E-state index is 0.598. The summed E-state index contributed by atoms with van der Waals surface area (Å²) >= 11 is 0. The first kappa shape index (κ1) is 36.0. The van der Waals surface area contributed by atoms with Crippen molar-refractivity contribution in [2.45, 2.75) is 130 Å². The number of aliphatic hydroxyl groups is 13. The molecule has 0 aromatic carbocycles. The van der Waals surface area contributed by atoms with E-state index in [-0.39, 0.29) is 0 Å². The summed E-state index contributed by atoms with van der Waals surface area (Å²) in [5, 5.41) is 133. The fourth-order valence-electron chi connectivity index (χ4n) is 5.35. The van der Waals surface area contributed by atoms with E-state index in [2.05, 4.69) is 0 Å². The molecular weight excluding hydrogens is 608 g/mol. The Hall–Kier alpha value is -0.800. The van der Waals surface area contributed by atoms with Crippen LogP contribution in [0.5, 0.6) is 0 Å². The molecule has 258 valence electrons. The third kappa shape index (κ3) is 7.19. The van der Waals surface area contributed by atoms with Crippen LogP contribution in [-0.4, -0.2) is 209 Å². The molecule has 0 bridgehead atoms. The molecule has 20 unspecified atom stereocenters. The summed E-state index contributed by atoms with van der Waals surface area (Å²) in [6.07, 6.45) is -34.0. The second-order valence-corrected chi connectivity index (χ2v) is 11.2. The molecule has 44 heavy (non-hydrogen) atoms. The zero-order valence-corrected chi connectivity index (χ0v) is 23.3. The van der Waals surface area contributed by atoms with Crippen molar-refractivity contribution in [1.82, 2.24) is 0 Å². The predicted octanol–water partition coefficient (Wildman–Crippen LogP) is -8.72. The average molecular weight is 651 g/mol. The molecule has 4 aliphatic heterocycles. The Balaban J connectivity index is 1.44. The Morgan fingerprint density at radius 1 is 0.455 bits per heavy atom. The van der Waals surface area contributed by atoms with Crippen LogP contribution in [-0.2, 0) is 33.2 Å². The molecule has 0 aromatic rings. The molecule has 4 aliphatic rings. The first-order chi connectivity index (χ1) is 20.7. The van der Waals surface area contributed by atoms with Crippen molar-refractivity contribution in [3.05, 3.63) is 0 Å². The van der Waals surface area contributed by atoms with Crippen molar-refractivity contribution >= 4 is 0 Å². The fourth-order valence-corrected chi connectivity index (χ4v) is 5.35. The summed E-state index contributed by atoms with van der Waals surface area (Å²) in [7, 11) is 0. The molecule has 4 saturated heterocycles. The highest BCUT2D eigenvalue weighted by Gasteiger charge is 2.54. The highest BCUT2D eigenvalue weighted by atomic mass is 16.8. The maximum atomic E-state index is 10.8. The van der Waals surface area contributed by atoms with Gasteiger partial charge in [-0.25, -0.2) is 0 Å². The van der Waals surface area contributed by atoms with Crippen LogP contribution in [0.15, 0.2) is 0 Å². The van der Waals surface area contributed by atoms with Gasteiger partial charge in [-0.1, -0.05) is 0 Å². The Morgan fingerprint density at radius 3 is 1.55 bits per heavy atom. The lowest BCUT2D eigenvalue weighted by Crippen LogP contribution is -2.67. The van der Waals surface area contributed by atoms with Gasteiger partial charge >= 0.3 is 0 Å². The normalized spacial score (nSPS) is 53.9. The van der Waals surface area contributed by atoms with Gasteiger partial charge in [0.15, 0.2) is 25.2 Å². The van der Waals surface area contributed by atoms with Crippen molar-refractivity contribution in [3.8, 4) is 0 Å². The number of ether oxygens (including phenoxy) is 7. The molecule has 0 aromatic heterocycles. The molecule has 0 amide bonds. The number of hydrogen-bond donors (Lipinski definition) is 13. The first-order valence-corrected chi connectivity index (χ1v) is 14.0. The van der Waals surface area contributed by atoms with Gasteiger partial charge in [-0.3, -0.25) is 0 Å². The molecule has 4 fully saturated rings. The molecule has 20 heteroatoms. The molecule has 0 aliphatic carbocycles. The van der Waals surface area contributed by atoms with Crippen LogP contribution in [0, 0.1) is 0 Å². The van der Waals surface area contributed by atoms with Crippen LogP contribution < -0.4 is 0 Å². The zero-order chi connectivity index (χ0) is 32.6. The van der Waals surface area contributed by atoms with E-state index in [1.807, 2.05) is 0 Å². The molecule has 20 atom stereocenters. The average Bonchev–Trinajstić information content (AvgIpc) is 3.00. The highest BCUT2D eigenvalue weighted by molar-refractivity contribution is 4.96. The predicted molar refractivity (Wildman–Crippen MR) is 132 cm³/mol. The maximum Gasteiger partial charge on any atom is 0.187 e. The van der Waals surface area contributed by atoms with E-state index in [1.165, 1.54) is 6.92 Å². The third-order valence-electron chi connectivity index (χ3n) is 8.15. The smallest absolute Gasteiger partial charge is 0.187 e. The van der Waals surface area contributed by atoms with Gasteiger partial charge in [0.25, 0.3) is 0 Å². The van der Waals surface area contributed by atoms with Gasteiger partial charge in [0, 0.05) is 0 Å². The summed E-state index contributed by atoms with van der Waals surface area (Å²) in [5.74, 6) is 0. The van der Waals surface area contributed by atoms with Crippen LogP contribution in [0.2, 0.25) is 0 Å². The van der Waals surface area contributed by atoms with Crippen LogP contribution >= 0.6 is 0 Å². The zero-order valence-electron chi connectivity index (χ0n) is 23.3. The van der Waals surface area contributed by atoms with E-state index in [0.717, 1.165) is 0 Å². The lowest BCUT2D eigenvalue weighted by atomic mass is 9.96. The number of aliphatic hydroxyl groups excluding tert-OH is 13. The Morgan fingerprint density at radius 2 is 0.932 bits per heavy atom. The van der Waals surface area contributed by atoms with Gasteiger partial charge in [-0.2, -0.15) is 0 Å². The molecule has 20 nitrogen and oxygen atoms in total. The quantitative estimate of drug-likeness (QED) is 0.110. The largest absolute Gasteiger partial charge is 0.394 e. The van der Waals surface area contributed by atoms with E-state index in [9.17, 15) is 66.4 Å². The molecular formula is C24H42O20. The third-order valence-corrected chi connectivity index (χ3v) is 8.15. The minimum Gasteiger partial charge on any atom is -0.394 e. The summed E-state index contributed by atoms with van der Waals surface area (Å²) in [6, 6.07) is 0. The Labute approximate surface area is 249 Å². The summed E-state index contributed by atoms with van der Waals surface area (Å²) in [6.45, 7) is -0.841. The minimum atomic E-state index is -2.03. The SMILES string of the molecule is CC1OC(OCC2OC(O)C(OC3OC(CO)C(O)C(O)C3OC3OC(CO)C(O)C(O)C3O)C(O)C2O)C(O)C(O)C1O. The summed E-state index contributed by atoms with van der Waals surface area (Å²) in [5.41, 5.74) is 0. The molecule has 0 saturated carbocycles. The van der Waals surface area contributed by atoms with Gasteiger partial charge in [0.2, 0.25) is 0 Å². The van der Waals surface area contributed by atoms with Gasteiger partial charge in [0.05, 0.1) is 25.9 Å². The molecule has 0 spiro atoms. The highest BCUT2D eigenvalue weighted by Crippen LogP contribution is 2.33. The number of hydrogen-bond acceptors (Lipinski definition) is 20. The molecule has 13 N–H and O–H groups in total. The van der Waals surface area contributed by atoms with Crippen LogP contribution in [0.1, 0.15) is 6.92 Å². The topological polar surface area (TPSA) is 328 Å². The maximum absolute atomic E-state index is 10.8. The van der Waals surface area contributed by atoms with Crippen molar-refractivity contribution < 1.29 is 99.5 Å². The summed E-state index contributed by atoms with van der Waals surface area (Å²) < 4.78 is 37.8. The van der Waals surface area contributed by atoms with Crippen molar-refractivity contribution in [1.29, 1.82) is 0 Å². The van der Waals surface area contributed by atoms with Gasteiger partial charge in [0.1, 0.15) is 91.6 Å². The monoisotopic (exact) mass is 650 g/mol. The van der Waals surface area contributed by atoms with E-state index < -0.39 is 143 Å². The second-order valence-electron chi connectivity index (χ2n) is 11.2.